The molecule has 1 aromatic carbocycles. The number of amides is 1. The smallest absolute Gasteiger partial charge is 0.243 e. The van der Waals surface area contributed by atoms with Gasteiger partial charge in [-0.15, -0.1) is 0 Å². The molecule has 1 aromatic rings. The molecule has 0 radical (unpaired) electrons. The molecule has 10 nitrogen and oxygen atoms in total. The number of ether oxygens (including phenoxy) is 2. The van der Waals surface area contributed by atoms with Gasteiger partial charge in [0, 0.05) is 45.3 Å². The number of carbonyl (C=O) groups is 1. The van der Waals surface area contributed by atoms with E-state index in [1.807, 2.05) is 0 Å². The molecular formula is C18H25N3O7S. The zero-order valence-electron chi connectivity index (χ0n) is 15.9. The van der Waals surface area contributed by atoms with E-state index in [1.54, 1.807) is 15.9 Å². The summed E-state index contributed by atoms with van der Waals surface area (Å²) >= 11 is 0. The highest BCUT2D eigenvalue weighted by Crippen LogP contribution is 2.33. The summed E-state index contributed by atoms with van der Waals surface area (Å²) in [6.45, 7) is 2.41. The van der Waals surface area contributed by atoms with Gasteiger partial charge < -0.3 is 24.6 Å². The van der Waals surface area contributed by atoms with Crippen molar-refractivity contribution in [3.8, 4) is 11.5 Å². The van der Waals surface area contributed by atoms with Crippen molar-refractivity contribution < 1.29 is 32.9 Å². The molecule has 2 atom stereocenters. The molecular weight excluding hydrogens is 402 g/mol. The SMILES string of the molecule is O=C(CN1C[C@@H](O)[C@@H](O)C1)N1CCN(S(=O)(=O)c2ccc3c(c2)OCCO3)CC1. The summed E-state index contributed by atoms with van der Waals surface area (Å²) in [6, 6.07) is 4.58. The number of nitrogens with zero attached hydrogens (tertiary/aromatic N) is 3. The maximum atomic E-state index is 13.0. The number of carbonyl (C=O) groups excluding carboxylic acids is 1. The molecule has 2 fully saturated rings. The van der Waals surface area contributed by atoms with E-state index in [0.717, 1.165) is 0 Å². The standard InChI is InChI=1S/C18H25N3O7S/c22-14-10-19(11-15(14)23)12-18(24)20-3-5-21(6-4-20)29(25,26)13-1-2-16-17(9-13)28-8-7-27-16/h1-2,9,14-15,22-23H,3-8,10-12H2/t14-,15+. The number of hydrogen-bond acceptors (Lipinski definition) is 8. The fraction of sp³-hybridized carbons (Fsp3) is 0.611. The fourth-order valence-corrected chi connectivity index (χ4v) is 5.22. The average Bonchev–Trinajstić information content (AvgIpc) is 3.04. The van der Waals surface area contributed by atoms with E-state index in [0.29, 0.717) is 37.8 Å². The molecule has 4 rings (SSSR count). The van der Waals surface area contributed by atoms with E-state index in [1.165, 1.54) is 16.4 Å². The lowest BCUT2D eigenvalue weighted by molar-refractivity contribution is -0.133. The third-order valence-corrected chi connectivity index (χ3v) is 7.33. The summed E-state index contributed by atoms with van der Waals surface area (Å²) in [5, 5.41) is 19.2. The van der Waals surface area contributed by atoms with Crippen molar-refractivity contribution in [2.75, 3.05) is 59.0 Å². The van der Waals surface area contributed by atoms with Gasteiger partial charge in [-0.05, 0) is 12.1 Å². The monoisotopic (exact) mass is 427 g/mol. The van der Waals surface area contributed by atoms with Crippen LogP contribution >= 0.6 is 0 Å². The number of aliphatic hydroxyl groups excluding tert-OH is 2. The van der Waals surface area contributed by atoms with Crippen molar-refractivity contribution in [2.24, 2.45) is 0 Å². The minimum atomic E-state index is -3.70. The van der Waals surface area contributed by atoms with Crippen molar-refractivity contribution in [2.45, 2.75) is 17.1 Å². The van der Waals surface area contributed by atoms with Gasteiger partial charge in [-0.25, -0.2) is 8.42 Å². The molecule has 0 spiro atoms. The lowest BCUT2D eigenvalue weighted by Gasteiger charge is -2.34. The first-order valence-corrected chi connectivity index (χ1v) is 11.0. The van der Waals surface area contributed by atoms with Crippen LogP contribution in [0.3, 0.4) is 0 Å². The number of β-amino-alcohol motifs (C(OH)–C–C–N with tert-alkyl or cyclic N) is 2. The molecule has 2 saturated heterocycles. The van der Waals surface area contributed by atoms with Gasteiger partial charge in [-0.3, -0.25) is 9.69 Å². The second-order valence-corrected chi connectivity index (χ2v) is 9.36. The van der Waals surface area contributed by atoms with E-state index in [-0.39, 0.29) is 43.5 Å². The van der Waals surface area contributed by atoms with Crippen LogP contribution in [0.1, 0.15) is 0 Å². The van der Waals surface area contributed by atoms with Crippen molar-refractivity contribution in [1.29, 1.82) is 0 Å². The van der Waals surface area contributed by atoms with Crippen molar-refractivity contribution in [3.05, 3.63) is 18.2 Å². The third kappa shape index (κ3) is 4.19. The topological polar surface area (TPSA) is 120 Å². The van der Waals surface area contributed by atoms with Crippen LogP contribution in [-0.4, -0.2) is 110 Å². The number of benzene rings is 1. The fourth-order valence-electron chi connectivity index (χ4n) is 3.78. The Labute approximate surface area is 169 Å². The lowest BCUT2D eigenvalue weighted by atomic mass is 10.3. The van der Waals surface area contributed by atoms with Gasteiger partial charge in [0.25, 0.3) is 0 Å². The number of hydrogen-bond donors (Lipinski definition) is 2. The molecule has 0 bridgehead atoms. The second-order valence-electron chi connectivity index (χ2n) is 7.42. The normalized spacial score (nSPS) is 25.9. The van der Waals surface area contributed by atoms with Gasteiger partial charge in [-0.1, -0.05) is 0 Å². The highest BCUT2D eigenvalue weighted by molar-refractivity contribution is 7.89. The highest BCUT2D eigenvalue weighted by Gasteiger charge is 2.34. The first-order valence-electron chi connectivity index (χ1n) is 9.60. The molecule has 2 N–H and O–H groups in total. The molecule has 1 amide bonds. The number of fused-ring (bicyclic) bond motifs is 1. The molecule has 0 aliphatic carbocycles. The second kappa shape index (κ2) is 8.07. The van der Waals surface area contributed by atoms with Crippen LogP contribution in [-0.2, 0) is 14.8 Å². The molecule has 3 heterocycles. The van der Waals surface area contributed by atoms with Crippen molar-refractivity contribution >= 4 is 15.9 Å². The summed E-state index contributed by atoms with van der Waals surface area (Å²) < 4.78 is 38.2. The Hall–Kier alpha value is -1.92. The molecule has 0 saturated carbocycles. The van der Waals surface area contributed by atoms with Crippen LogP contribution < -0.4 is 9.47 Å². The van der Waals surface area contributed by atoms with E-state index in [4.69, 9.17) is 9.47 Å². The largest absolute Gasteiger partial charge is 0.486 e. The number of rotatable bonds is 4. The predicted octanol–water partition coefficient (Wildman–Crippen LogP) is -1.67. The number of piperazine rings is 1. The zero-order chi connectivity index (χ0) is 20.6. The van der Waals surface area contributed by atoms with E-state index in [9.17, 15) is 23.4 Å². The third-order valence-electron chi connectivity index (χ3n) is 5.44. The summed E-state index contributed by atoms with van der Waals surface area (Å²) in [5.41, 5.74) is 0. The quantitative estimate of drug-likeness (QED) is 0.585. The highest BCUT2D eigenvalue weighted by atomic mass is 32.2. The zero-order valence-corrected chi connectivity index (χ0v) is 16.8. The first-order chi connectivity index (χ1) is 13.8. The van der Waals surface area contributed by atoms with Gasteiger partial charge >= 0.3 is 0 Å². The Morgan fingerprint density at radius 3 is 2.28 bits per heavy atom. The van der Waals surface area contributed by atoms with E-state index < -0.39 is 22.2 Å². The summed E-state index contributed by atoms with van der Waals surface area (Å²) in [4.78, 5) is 15.9. The van der Waals surface area contributed by atoms with Crippen molar-refractivity contribution in [3.63, 3.8) is 0 Å². The number of sulfonamides is 1. The molecule has 29 heavy (non-hydrogen) atoms. The van der Waals surface area contributed by atoms with Gasteiger partial charge in [0.05, 0.1) is 23.6 Å². The Kier molecular flexibility index (Phi) is 5.67. The Balaban J connectivity index is 1.35. The Morgan fingerprint density at radius 2 is 1.62 bits per heavy atom. The minimum absolute atomic E-state index is 0.100. The Bertz CT molecular complexity index is 860. The molecule has 160 valence electrons. The van der Waals surface area contributed by atoms with Gasteiger partial charge in [0.1, 0.15) is 13.2 Å². The van der Waals surface area contributed by atoms with Crippen LogP contribution in [0.2, 0.25) is 0 Å². The summed E-state index contributed by atoms with van der Waals surface area (Å²) in [5.74, 6) is 0.812. The maximum absolute atomic E-state index is 13.0. The van der Waals surface area contributed by atoms with Gasteiger partial charge in [-0.2, -0.15) is 4.31 Å². The van der Waals surface area contributed by atoms with Crippen LogP contribution in [0.5, 0.6) is 11.5 Å². The molecule has 11 heteroatoms. The van der Waals surface area contributed by atoms with Crippen LogP contribution in [0.4, 0.5) is 0 Å². The van der Waals surface area contributed by atoms with Crippen molar-refractivity contribution in [1.82, 2.24) is 14.1 Å². The van der Waals surface area contributed by atoms with E-state index in [2.05, 4.69) is 0 Å². The summed E-state index contributed by atoms with van der Waals surface area (Å²) in [7, 11) is -3.70. The molecule has 0 aromatic heterocycles. The average molecular weight is 427 g/mol. The predicted molar refractivity (Wildman–Crippen MR) is 101 cm³/mol. The summed E-state index contributed by atoms with van der Waals surface area (Å²) in [6.07, 6.45) is -1.67. The first kappa shape index (κ1) is 20.4. The number of likely N-dealkylation sites (tertiary alicyclic amines) is 1. The van der Waals surface area contributed by atoms with Crippen LogP contribution in [0, 0.1) is 0 Å². The molecule has 3 aliphatic heterocycles. The maximum Gasteiger partial charge on any atom is 0.243 e. The molecule has 3 aliphatic rings. The lowest BCUT2D eigenvalue weighted by Crippen LogP contribution is -2.52. The van der Waals surface area contributed by atoms with Gasteiger partial charge in [0.15, 0.2) is 11.5 Å². The Morgan fingerprint density at radius 1 is 1.00 bits per heavy atom. The number of aliphatic hydroxyl groups is 2. The van der Waals surface area contributed by atoms with Crippen LogP contribution in [0.25, 0.3) is 0 Å². The van der Waals surface area contributed by atoms with E-state index >= 15 is 0 Å². The molecule has 0 unspecified atom stereocenters. The van der Waals surface area contributed by atoms with Gasteiger partial charge in [0.2, 0.25) is 15.9 Å². The van der Waals surface area contributed by atoms with Crippen LogP contribution in [0.15, 0.2) is 23.1 Å². The minimum Gasteiger partial charge on any atom is -0.486 e.